The number of carbonyl (C=O) groups is 3. The van der Waals surface area contributed by atoms with E-state index in [-0.39, 0.29) is 35.5 Å². The van der Waals surface area contributed by atoms with Gasteiger partial charge in [0.15, 0.2) is 11.4 Å². The number of halogens is 2. The van der Waals surface area contributed by atoms with E-state index < -0.39 is 58.8 Å². The molecule has 0 aliphatic rings. The van der Waals surface area contributed by atoms with E-state index >= 15 is 0 Å². The van der Waals surface area contributed by atoms with Crippen LogP contribution in [0.1, 0.15) is 73.6 Å². The van der Waals surface area contributed by atoms with Gasteiger partial charge in [-0.05, 0) is 92.6 Å². The number of ketones is 1. The zero-order chi connectivity index (χ0) is 41.4. The van der Waals surface area contributed by atoms with E-state index in [0.29, 0.717) is 33.0 Å². The van der Waals surface area contributed by atoms with Crippen LogP contribution in [0.25, 0.3) is 17.3 Å². The molecule has 2 N–H and O–H groups in total. The van der Waals surface area contributed by atoms with Crippen molar-refractivity contribution in [3.63, 3.8) is 0 Å². The molecular weight excluding hydrogens is 769 g/mol. The lowest BCUT2D eigenvalue weighted by Crippen LogP contribution is -2.40. The predicted octanol–water partition coefficient (Wildman–Crippen LogP) is 6.10. The Morgan fingerprint density at radius 3 is 2.09 bits per heavy atom. The third-order valence-electron chi connectivity index (χ3n) is 8.31. The average Bonchev–Trinajstić information content (AvgIpc) is 3.13. The lowest BCUT2D eigenvalue weighted by molar-refractivity contribution is -0.178. The second-order valence-electron chi connectivity index (χ2n) is 13.6. The highest BCUT2D eigenvalue weighted by Gasteiger charge is 2.32. The number of aliphatic hydroxyl groups excluding tert-OH is 2. The van der Waals surface area contributed by atoms with E-state index in [0.717, 1.165) is 10.6 Å². The lowest BCUT2D eigenvalue weighted by atomic mass is 9.97. The SMILES string of the molecule is CC(C)c1nc(N(C)S(C)(=O)=O)nc(-c2ccc(F)cc2)c1/C=C/[C@H](O)C[C@@H](O)CC(=O)OCOC(=O)C(C)(C)Oc1ccc(C(=O)c2ccc(Cl)cc2)cc1. The van der Waals surface area contributed by atoms with Gasteiger partial charge in [-0.1, -0.05) is 37.6 Å². The van der Waals surface area contributed by atoms with Crippen LogP contribution in [0.3, 0.4) is 0 Å². The van der Waals surface area contributed by atoms with E-state index in [1.807, 2.05) is 13.8 Å². The molecule has 2 atom stereocenters. The molecule has 4 aromatic rings. The number of anilines is 1. The molecule has 3 aromatic carbocycles. The number of aliphatic hydroxyl groups is 2. The Morgan fingerprint density at radius 2 is 1.52 bits per heavy atom. The second kappa shape index (κ2) is 18.6. The molecule has 0 saturated carbocycles. The van der Waals surface area contributed by atoms with Crippen LogP contribution in [-0.2, 0) is 29.1 Å². The molecule has 4 rings (SSSR count). The first-order valence-electron chi connectivity index (χ1n) is 17.3. The molecule has 0 spiro atoms. The van der Waals surface area contributed by atoms with Crippen molar-refractivity contribution in [2.75, 3.05) is 24.4 Å². The van der Waals surface area contributed by atoms with E-state index in [2.05, 4.69) is 9.97 Å². The molecule has 16 heteroatoms. The molecule has 0 fully saturated rings. The first-order chi connectivity index (χ1) is 26.2. The Morgan fingerprint density at radius 1 is 0.929 bits per heavy atom. The van der Waals surface area contributed by atoms with Crippen LogP contribution in [0.2, 0.25) is 5.02 Å². The molecular formula is C40H43ClFN3O10S. The fraction of sp³-hybridized carbons (Fsp3) is 0.325. The van der Waals surface area contributed by atoms with Gasteiger partial charge in [-0.15, -0.1) is 0 Å². The number of esters is 2. The molecule has 0 aliphatic heterocycles. The van der Waals surface area contributed by atoms with Crippen molar-refractivity contribution in [3.8, 4) is 17.0 Å². The lowest BCUT2D eigenvalue weighted by Gasteiger charge is -2.24. The molecule has 0 radical (unpaired) electrons. The second-order valence-corrected chi connectivity index (χ2v) is 16.1. The van der Waals surface area contributed by atoms with Crippen LogP contribution in [0, 0.1) is 5.82 Å². The third-order valence-corrected chi connectivity index (χ3v) is 9.72. The van der Waals surface area contributed by atoms with Gasteiger partial charge in [0.1, 0.15) is 11.6 Å². The molecule has 0 unspecified atom stereocenters. The van der Waals surface area contributed by atoms with Crippen molar-refractivity contribution in [2.24, 2.45) is 0 Å². The predicted molar refractivity (Wildman–Crippen MR) is 208 cm³/mol. The minimum absolute atomic E-state index is 0.0981. The Kier molecular flexibility index (Phi) is 14.5. The quantitative estimate of drug-likeness (QED) is 0.0711. The highest BCUT2D eigenvalue weighted by molar-refractivity contribution is 7.92. The van der Waals surface area contributed by atoms with Crippen molar-refractivity contribution in [2.45, 2.75) is 64.3 Å². The van der Waals surface area contributed by atoms with E-state index in [1.165, 1.54) is 69.4 Å². The van der Waals surface area contributed by atoms with Crippen molar-refractivity contribution in [3.05, 3.63) is 112 Å². The summed E-state index contributed by atoms with van der Waals surface area (Å²) in [7, 11) is -2.41. The van der Waals surface area contributed by atoms with Crippen molar-refractivity contribution in [1.82, 2.24) is 9.97 Å². The third kappa shape index (κ3) is 11.9. The van der Waals surface area contributed by atoms with Crippen molar-refractivity contribution in [1.29, 1.82) is 0 Å². The average molecular weight is 812 g/mol. The Balaban J connectivity index is 1.32. The number of carbonyl (C=O) groups excluding carboxylic acids is 3. The Bertz CT molecular complexity index is 2160. The zero-order valence-electron chi connectivity index (χ0n) is 31.6. The highest BCUT2D eigenvalue weighted by Crippen LogP contribution is 2.32. The molecule has 56 heavy (non-hydrogen) atoms. The largest absolute Gasteiger partial charge is 0.476 e. The molecule has 0 amide bonds. The molecule has 0 saturated heterocycles. The Hall–Kier alpha value is -5.22. The molecule has 298 valence electrons. The molecule has 1 aromatic heterocycles. The van der Waals surface area contributed by atoms with Gasteiger partial charge in [-0.3, -0.25) is 9.59 Å². The maximum Gasteiger partial charge on any atom is 0.352 e. The fourth-order valence-corrected chi connectivity index (χ4v) is 5.70. The summed E-state index contributed by atoms with van der Waals surface area (Å²) in [6.07, 6.45) is 0.461. The smallest absolute Gasteiger partial charge is 0.352 e. The first kappa shape index (κ1) is 43.5. The monoisotopic (exact) mass is 811 g/mol. The van der Waals surface area contributed by atoms with Crippen LogP contribution in [0.15, 0.2) is 78.9 Å². The number of ether oxygens (including phenoxy) is 3. The summed E-state index contributed by atoms with van der Waals surface area (Å²) in [5.41, 5.74) is 0.964. The topological polar surface area (TPSA) is 183 Å². The molecule has 1 heterocycles. The van der Waals surface area contributed by atoms with Crippen LogP contribution in [-0.4, -0.2) is 84.2 Å². The van der Waals surface area contributed by atoms with Gasteiger partial charge in [-0.25, -0.2) is 31.9 Å². The number of hydrogen-bond donors (Lipinski definition) is 2. The Labute approximate surface area is 329 Å². The van der Waals surface area contributed by atoms with Gasteiger partial charge < -0.3 is 24.4 Å². The molecule has 0 aliphatic carbocycles. The van der Waals surface area contributed by atoms with Crippen LogP contribution in [0.4, 0.5) is 10.3 Å². The summed E-state index contributed by atoms with van der Waals surface area (Å²) in [6.45, 7) is 5.81. The maximum absolute atomic E-state index is 13.8. The number of nitrogens with zero attached hydrogens (tertiary/aromatic N) is 3. The van der Waals surface area contributed by atoms with Crippen molar-refractivity contribution >= 4 is 51.4 Å². The van der Waals surface area contributed by atoms with Gasteiger partial charge in [0.2, 0.25) is 22.8 Å². The van der Waals surface area contributed by atoms with Gasteiger partial charge in [0.05, 0.1) is 36.3 Å². The van der Waals surface area contributed by atoms with Crippen molar-refractivity contribution < 1.29 is 51.6 Å². The summed E-state index contributed by atoms with van der Waals surface area (Å²) in [5, 5.41) is 21.8. The minimum Gasteiger partial charge on any atom is -0.476 e. The minimum atomic E-state index is -3.72. The van der Waals surface area contributed by atoms with E-state index in [9.17, 15) is 37.4 Å². The highest BCUT2D eigenvalue weighted by atomic mass is 35.5. The summed E-state index contributed by atoms with van der Waals surface area (Å²) >= 11 is 5.90. The van der Waals surface area contributed by atoms with Gasteiger partial charge in [-0.2, -0.15) is 0 Å². The number of benzene rings is 3. The number of hydrogen-bond acceptors (Lipinski definition) is 12. The van der Waals surface area contributed by atoms with Crippen LogP contribution in [0.5, 0.6) is 5.75 Å². The van der Waals surface area contributed by atoms with Crippen LogP contribution < -0.4 is 9.04 Å². The van der Waals surface area contributed by atoms with Gasteiger partial charge in [0.25, 0.3) is 0 Å². The number of rotatable bonds is 17. The normalized spacial score (nSPS) is 13.0. The summed E-state index contributed by atoms with van der Waals surface area (Å²) < 4.78 is 55.1. The maximum atomic E-state index is 13.8. The molecule has 13 nitrogen and oxygen atoms in total. The standard InChI is InChI=1S/C40H43ClFN3O10S/c1-24(2)35-33(36(25-9-15-29(42)16-10-25)44-39(43-35)45(5)56(6,51)52)20-17-30(46)21-31(47)22-34(48)53-23-54-38(50)40(3,4)55-32-18-11-27(12-19-32)37(49)26-7-13-28(41)14-8-26/h7-20,24,30-31,46-47H,21-23H2,1-6H3/b20-17+/t30-,31+/m0/s1. The summed E-state index contributed by atoms with van der Waals surface area (Å²) in [4.78, 5) is 46.8. The summed E-state index contributed by atoms with van der Waals surface area (Å²) in [6, 6.07) is 18.0. The fourth-order valence-electron chi connectivity index (χ4n) is 5.20. The number of sulfonamides is 1. The summed E-state index contributed by atoms with van der Waals surface area (Å²) in [5.74, 6) is -2.52. The molecule has 0 bridgehead atoms. The van der Waals surface area contributed by atoms with E-state index in [1.54, 1.807) is 36.4 Å². The van der Waals surface area contributed by atoms with E-state index in [4.69, 9.17) is 25.8 Å². The zero-order valence-corrected chi connectivity index (χ0v) is 33.2. The first-order valence-corrected chi connectivity index (χ1v) is 19.6. The van der Waals surface area contributed by atoms with Gasteiger partial charge in [0, 0.05) is 40.7 Å². The van der Waals surface area contributed by atoms with Gasteiger partial charge >= 0.3 is 11.9 Å². The van der Waals surface area contributed by atoms with Crippen LogP contribution >= 0.6 is 11.6 Å². The number of aromatic nitrogens is 2.